The molecule has 0 saturated heterocycles. The lowest BCUT2D eigenvalue weighted by Crippen LogP contribution is -2.34. The van der Waals surface area contributed by atoms with E-state index in [0.717, 1.165) is 17.0 Å². The minimum atomic E-state index is -0.214. The van der Waals surface area contributed by atoms with Gasteiger partial charge in [0, 0.05) is 23.1 Å². The molecule has 0 saturated carbocycles. The molecule has 1 amide bonds. The van der Waals surface area contributed by atoms with Crippen LogP contribution in [-0.2, 0) is 11.3 Å². The van der Waals surface area contributed by atoms with Crippen LogP contribution in [0.4, 0.5) is 5.69 Å². The molecule has 2 aromatic carbocycles. The van der Waals surface area contributed by atoms with E-state index < -0.39 is 0 Å². The van der Waals surface area contributed by atoms with Crippen molar-refractivity contribution in [1.82, 2.24) is 15.0 Å². The highest BCUT2D eigenvalue weighted by Crippen LogP contribution is 2.37. The number of fused-ring (bicyclic) bond motifs is 2. The summed E-state index contributed by atoms with van der Waals surface area (Å²) in [5.74, 6) is -0.000918. The van der Waals surface area contributed by atoms with Crippen molar-refractivity contribution in [3.05, 3.63) is 58.9 Å². The molecule has 0 N–H and O–H groups in total. The number of carbonyl (C=O) groups excluding carboxylic acids is 1. The van der Waals surface area contributed by atoms with Gasteiger partial charge in [-0.2, -0.15) is 0 Å². The van der Waals surface area contributed by atoms with Crippen LogP contribution < -0.4 is 10.5 Å². The first-order valence-corrected chi connectivity index (χ1v) is 9.90. The molecule has 0 fully saturated rings. The Kier molecular flexibility index (Phi) is 4.94. The van der Waals surface area contributed by atoms with Gasteiger partial charge in [-0.05, 0) is 30.7 Å². The summed E-state index contributed by atoms with van der Waals surface area (Å²) >= 11 is 1.80. The largest absolute Gasteiger partial charge is 0.311 e. The number of hydrogen-bond donors (Lipinski definition) is 0. The first-order chi connectivity index (χ1) is 13.1. The molecule has 1 aliphatic heterocycles. The molecule has 0 bridgehead atoms. The van der Waals surface area contributed by atoms with Crippen LogP contribution in [-0.4, -0.2) is 32.7 Å². The number of thioether (sulfide) groups is 1. The summed E-state index contributed by atoms with van der Waals surface area (Å²) in [7, 11) is 0. The normalized spacial score (nSPS) is 16.8. The minimum Gasteiger partial charge on any atom is -0.311 e. The Bertz CT molecular complexity index is 1050. The molecule has 2 heterocycles. The summed E-state index contributed by atoms with van der Waals surface area (Å²) in [5.41, 5.74) is 1.31. The molecule has 0 unspecified atom stereocenters. The molecule has 4 rings (SSSR count). The fraction of sp³-hybridized carbons (Fsp3) is 0.300. The maximum absolute atomic E-state index is 12.9. The molecule has 0 radical (unpaired) electrons. The lowest BCUT2D eigenvalue weighted by Gasteiger charge is -2.22. The highest BCUT2D eigenvalue weighted by Gasteiger charge is 2.24. The SMILES string of the molecule is C[C@@H]1CCN(C(=O)CCn2nnc3ccccc3c2=O)c2ccccc2S1. The van der Waals surface area contributed by atoms with Gasteiger partial charge in [0.25, 0.3) is 5.56 Å². The third-order valence-corrected chi connectivity index (χ3v) is 5.95. The van der Waals surface area contributed by atoms with Gasteiger partial charge in [-0.1, -0.05) is 36.4 Å². The van der Waals surface area contributed by atoms with Crippen LogP contribution in [0.25, 0.3) is 10.9 Å². The molecule has 27 heavy (non-hydrogen) atoms. The Hall–Kier alpha value is -2.67. The maximum atomic E-state index is 12.9. The molecule has 138 valence electrons. The number of aromatic nitrogens is 3. The number of benzene rings is 2. The van der Waals surface area contributed by atoms with E-state index in [2.05, 4.69) is 23.3 Å². The van der Waals surface area contributed by atoms with Crippen molar-refractivity contribution < 1.29 is 4.79 Å². The Morgan fingerprint density at radius 3 is 2.85 bits per heavy atom. The standard InChI is InChI=1S/C20H20N4O2S/c1-14-10-12-23(17-8-4-5-9-18(17)27-14)19(25)11-13-24-20(26)15-6-2-3-7-16(15)21-22-24/h2-9,14H,10-13H2,1H3/t14-/m1/s1. The number of nitrogens with zero attached hydrogens (tertiary/aromatic N) is 4. The van der Waals surface area contributed by atoms with Crippen molar-refractivity contribution in [2.75, 3.05) is 11.4 Å². The van der Waals surface area contributed by atoms with Gasteiger partial charge in [0.1, 0.15) is 5.52 Å². The molecular formula is C20H20N4O2S. The zero-order chi connectivity index (χ0) is 18.8. The Morgan fingerprint density at radius 1 is 1.19 bits per heavy atom. The van der Waals surface area contributed by atoms with Crippen LogP contribution in [0.15, 0.2) is 58.2 Å². The van der Waals surface area contributed by atoms with Crippen molar-refractivity contribution in [2.45, 2.75) is 36.5 Å². The van der Waals surface area contributed by atoms with Crippen molar-refractivity contribution in [1.29, 1.82) is 0 Å². The van der Waals surface area contributed by atoms with Crippen molar-refractivity contribution >= 4 is 34.3 Å². The van der Waals surface area contributed by atoms with Gasteiger partial charge in [-0.25, -0.2) is 4.68 Å². The molecular weight excluding hydrogens is 360 g/mol. The molecule has 6 nitrogen and oxygen atoms in total. The topological polar surface area (TPSA) is 68.1 Å². The second-order valence-corrected chi connectivity index (χ2v) is 8.10. The third-order valence-electron chi connectivity index (χ3n) is 4.71. The van der Waals surface area contributed by atoms with E-state index in [4.69, 9.17) is 0 Å². The van der Waals surface area contributed by atoms with E-state index in [1.165, 1.54) is 4.68 Å². The number of amides is 1. The fourth-order valence-corrected chi connectivity index (χ4v) is 4.37. The smallest absolute Gasteiger partial charge is 0.277 e. The summed E-state index contributed by atoms with van der Waals surface area (Å²) in [6.07, 6.45) is 1.14. The highest BCUT2D eigenvalue weighted by molar-refractivity contribution is 8.00. The predicted octanol–water partition coefficient (Wildman–Crippen LogP) is 3.10. The average Bonchev–Trinajstić information content (AvgIpc) is 2.85. The van der Waals surface area contributed by atoms with E-state index in [-0.39, 0.29) is 24.4 Å². The molecule has 0 spiro atoms. The first-order valence-electron chi connectivity index (χ1n) is 9.02. The zero-order valence-corrected chi connectivity index (χ0v) is 15.9. The zero-order valence-electron chi connectivity index (χ0n) is 15.0. The van der Waals surface area contributed by atoms with E-state index in [1.54, 1.807) is 30.0 Å². The number of hydrogen-bond acceptors (Lipinski definition) is 5. The molecule has 0 aliphatic carbocycles. The minimum absolute atomic E-state index is 0.000918. The molecule has 7 heteroatoms. The number of aryl methyl sites for hydroxylation is 1. The van der Waals surface area contributed by atoms with E-state index in [9.17, 15) is 9.59 Å². The van der Waals surface area contributed by atoms with E-state index >= 15 is 0 Å². The Labute approximate surface area is 161 Å². The highest BCUT2D eigenvalue weighted by atomic mass is 32.2. The Morgan fingerprint density at radius 2 is 1.96 bits per heavy atom. The summed E-state index contributed by atoms with van der Waals surface area (Å²) < 4.78 is 1.28. The summed E-state index contributed by atoms with van der Waals surface area (Å²) in [6.45, 7) is 3.08. The van der Waals surface area contributed by atoms with Crippen LogP contribution in [0.5, 0.6) is 0 Å². The van der Waals surface area contributed by atoms with Crippen LogP contribution in [0, 0.1) is 0 Å². The van der Waals surface area contributed by atoms with Crippen LogP contribution in [0.1, 0.15) is 19.8 Å². The van der Waals surface area contributed by atoms with Crippen molar-refractivity contribution in [3.8, 4) is 0 Å². The second kappa shape index (κ2) is 7.52. The van der Waals surface area contributed by atoms with E-state index in [0.29, 0.717) is 22.7 Å². The average molecular weight is 380 g/mol. The summed E-state index contributed by atoms with van der Waals surface area (Å²) in [5, 5.41) is 9.03. The maximum Gasteiger partial charge on any atom is 0.277 e. The third kappa shape index (κ3) is 3.60. The molecule has 1 aromatic heterocycles. The van der Waals surface area contributed by atoms with Gasteiger partial charge >= 0.3 is 0 Å². The van der Waals surface area contributed by atoms with Crippen LogP contribution >= 0.6 is 11.8 Å². The van der Waals surface area contributed by atoms with Gasteiger partial charge in [-0.15, -0.1) is 16.9 Å². The quantitative estimate of drug-likeness (QED) is 0.698. The number of para-hydroxylation sites is 1. The van der Waals surface area contributed by atoms with Crippen LogP contribution in [0.2, 0.25) is 0 Å². The number of rotatable bonds is 3. The molecule has 1 atom stereocenters. The number of carbonyl (C=O) groups is 1. The summed E-state index contributed by atoms with van der Waals surface area (Å²) in [6, 6.07) is 15.1. The second-order valence-electron chi connectivity index (χ2n) is 6.62. The lowest BCUT2D eigenvalue weighted by atomic mass is 10.2. The first kappa shape index (κ1) is 17.7. The monoisotopic (exact) mass is 380 g/mol. The van der Waals surface area contributed by atoms with Crippen LogP contribution in [0.3, 0.4) is 0 Å². The van der Waals surface area contributed by atoms with Crippen molar-refractivity contribution in [3.63, 3.8) is 0 Å². The van der Waals surface area contributed by atoms with Gasteiger partial charge in [0.15, 0.2) is 0 Å². The number of anilines is 1. The molecule has 1 aliphatic rings. The van der Waals surface area contributed by atoms with Gasteiger partial charge < -0.3 is 4.90 Å². The van der Waals surface area contributed by atoms with Gasteiger partial charge in [-0.3, -0.25) is 9.59 Å². The Balaban J connectivity index is 1.55. The fourth-order valence-electron chi connectivity index (χ4n) is 3.25. The predicted molar refractivity (Wildman–Crippen MR) is 107 cm³/mol. The summed E-state index contributed by atoms with van der Waals surface area (Å²) in [4.78, 5) is 28.4. The van der Waals surface area contributed by atoms with E-state index in [1.807, 2.05) is 29.2 Å². The lowest BCUT2D eigenvalue weighted by molar-refractivity contribution is -0.118. The van der Waals surface area contributed by atoms with Gasteiger partial charge in [0.05, 0.1) is 17.6 Å². The molecule has 3 aromatic rings. The van der Waals surface area contributed by atoms with Gasteiger partial charge in [0.2, 0.25) is 5.91 Å². The van der Waals surface area contributed by atoms with Crippen molar-refractivity contribution in [2.24, 2.45) is 0 Å².